The van der Waals surface area contributed by atoms with Crippen molar-refractivity contribution in [1.29, 1.82) is 0 Å². The molecule has 0 heterocycles. The molecule has 35 heavy (non-hydrogen) atoms. The van der Waals surface area contributed by atoms with Crippen LogP contribution in [-0.2, 0) is 29.0 Å². The maximum Gasteiger partial charge on any atom is 0.248 e. The minimum atomic E-state index is -1.07. The second-order valence-electron chi connectivity index (χ2n) is 8.72. The summed E-state index contributed by atoms with van der Waals surface area (Å²) in [5.74, 6) is -2.32. The van der Waals surface area contributed by atoms with Crippen LogP contribution in [0.25, 0.3) is 0 Å². The number of hydrogen-bond acceptors (Lipinski definition) is 6. The van der Waals surface area contributed by atoms with Crippen molar-refractivity contribution in [2.45, 2.75) is 37.6 Å². The van der Waals surface area contributed by atoms with Crippen LogP contribution in [0.4, 0.5) is 0 Å². The third kappa shape index (κ3) is 5.68. The summed E-state index contributed by atoms with van der Waals surface area (Å²) in [5.41, 5.74) is 4.82. The fraction of sp³-hybridized carbons (Fsp3) is 0.259. The third-order valence-corrected chi connectivity index (χ3v) is 6.43. The molecule has 3 aromatic carbocycles. The van der Waals surface area contributed by atoms with Crippen molar-refractivity contribution in [3.05, 3.63) is 101 Å². The molecule has 0 fully saturated rings. The van der Waals surface area contributed by atoms with E-state index in [0.29, 0.717) is 18.5 Å². The number of aliphatic hydroxyl groups is 1. The Morgan fingerprint density at radius 2 is 1.60 bits per heavy atom. The van der Waals surface area contributed by atoms with Crippen LogP contribution in [0.3, 0.4) is 0 Å². The molecule has 0 unspecified atom stereocenters. The molecule has 1 aliphatic carbocycles. The lowest BCUT2D eigenvalue weighted by Gasteiger charge is -2.28. The summed E-state index contributed by atoms with van der Waals surface area (Å²) in [7, 11) is 0. The van der Waals surface area contributed by atoms with Crippen molar-refractivity contribution < 1.29 is 25.0 Å². The molecule has 0 aromatic heterocycles. The summed E-state index contributed by atoms with van der Waals surface area (Å²) in [4.78, 5) is 26.4. The highest BCUT2D eigenvalue weighted by Crippen LogP contribution is 2.31. The number of fused-ring (bicyclic) bond motifs is 1. The van der Waals surface area contributed by atoms with Gasteiger partial charge in [0, 0.05) is 13.0 Å². The predicted octanol–water partition coefficient (Wildman–Crippen LogP) is 1.99. The molecule has 3 aromatic rings. The minimum absolute atomic E-state index is 0.00273. The largest absolute Gasteiger partial charge is 0.508 e. The number of rotatable bonds is 9. The number of para-hydroxylation sites is 1. The van der Waals surface area contributed by atoms with Gasteiger partial charge in [-0.2, -0.15) is 0 Å². The predicted molar refractivity (Wildman–Crippen MR) is 129 cm³/mol. The Kier molecular flexibility index (Phi) is 7.77. The number of carbonyl (C=O) groups excluding carboxylic acids is 2. The molecule has 0 radical (unpaired) electrons. The lowest BCUT2D eigenvalue weighted by Crippen LogP contribution is -2.54. The zero-order chi connectivity index (χ0) is 24.8. The van der Waals surface area contributed by atoms with Gasteiger partial charge in [-0.05, 0) is 34.7 Å². The molecule has 0 saturated heterocycles. The highest BCUT2D eigenvalue weighted by Gasteiger charge is 2.38. The number of phenols is 1. The molecule has 0 bridgehead atoms. The lowest BCUT2D eigenvalue weighted by molar-refractivity contribution is -0.138. The van der Waals surface area contributed by atoms with Crippen molar-refractivity contribution in [3.8, 4) is 5.75 Å². The van der Waals surface area contributed by atoms with Gasteiger partial charge in [0.1, 0.15) is 5.75 Å². The van der Waals surface area contributed by atoms with Crippen LogP contribution in [0.5, 0.6) is 5.75 Å². The Hall–Kier alpha value is -3.72. The van der Waals surface area contributed by atoms with Gasteiger partial charge in [-0.3, -0.25) is 14.8 Å². The topological polar surface area (TPSA) is 131 Å². The van der Waals surface area contributed by atoms with Crippen molar-refractivity contribution in [2.75, 3.05) is 0 Å². The van der Waals surface area contributed by atoms with Crippen LogP contribution in [0.1, 0.15) is 28.3 Å². The maximum atomic E-state index is 13.6. The number of nitrogens with one attached hydrogen (secondary N) is 3. The zero-order valence-electron chi connectivity index (χ0n) is 19.1. The first-order chi connectivity index (χ1) is 17.0. The Bertz CT molecular complexity index is 1170. The number of aromatic hydroxyl groups is 1. The van der Waals surface area contributed by atoms with E-state index in [9.17, 15) is 25.0 Å². The quantitative estimate of drug-likeness (QED) is 0.207. The number of benzene rings is 3. The van der Waals surface area contributed by atoms with E-state index in [2.05, 4.69) is 10.6 Å². The SMILES string of the molecule is O=C(NO)[C@@H](Cc1ccccc1O)[C@@H](NCc1ccccc1)C(=O)N[C@H]1c2ccccc2C[C@H]1O. The molecule has 1 aliphatic rings. The van der Waals surface area contributed by atoms with Crippen LogP contribution >= 0.6 is 0 Å². The van der Waals surface area contributed by atoms with Gasteiger partial charge in [0.05, 0.1) is 24.1 Å². The standard InChI is InChI=1S/C27H29N3O5/c31-22-13-7-5-11-19(22)14-21(26(33)30-35)25(28-16-17-8-2-1-3-9-17)27(34)29-24-20-12-6-4-10-18(20)15-23(24)32/h1-13,21,23-25,28,31-32,35H,14-16H2,(H,29,34)(H,30,33)/t21-,23+,24-,25+/m0/s1. The van der Waals surface area contributed by atoms with Crippen molar-refractivity contribution >= 4 is 11.8 Å². The van der Waals surface area contributed by atoms with Crippen LogP contribution in [0.2, 0.25) is 0 Å². The monoisotopic (exact) mass is 475 g/mol. The average Bonchev–Trinajstić information content (AvgIpc) is 3.19. The average molecular weight is 476 g/mol. The second-order valence-corrected chi connectivity index (χ2v) is 8.72. The molecular weight excluding hydrogens is 446 g/mol. The van der Waals surface area contributed by atoms with Gasteiger partial charge in [-0.15, -0.1) is 0 Å². The highest BCUT2D eigenvalue weighted by molar-refractivity contribution is 5.90. The fourth-order valence-electron chi connectivity index (χ4n) is 4.60. The Balaban J connectivity index is 1.62. The number of aliphatic hydroxyl groups excluding tert-OH is 1. The molecule has 8 nitrogen and oxygen atoms in total. The van der Waals surface area contributed by atoms with Crippen LogP contribution in [0.15, 0.2) is 78.9 Å². The van der Waals surface area contributed by atoms with Crippen LogP contribution in [-0.4, -0.2) is 39.4 Å². The molecule has 2 amide bonds. The molecular formula is C27H29N3O5. The number of amides is 2. The highest BCUT2D eigenvalue weighted by atomic mass is 16.5. The second kappa shape index (κ2) is 11.1. The first kappa shape index (κ1) is 24.4. The van der Waals surface area contributed by atoms with E-state index in [-0.39, 0.29) is 12.2 Å². The van der Waals surface area contributed by atoms with Gasteiger partial charge in [0.25, 0.3) is 0 Å². The van der Waals surface area contributed by atoms with E-state index in [0.717, 1.165) is 16.7 Å². The number of phenolic OH excluding ortho intramolecular Hbond substituents is 1. The molecule has 0 spiro atoms. The Labute approximate surface area is 203 Å². The van der Waals surface area contributed by atoms with Crippen LogP contribution < -0.4 is 16.1 Å². The first-order valence-corrected chi connectivity index (χ1v) is 11.5. The summed E-state index contributed by atoms with van der Waals surface area (Å²) < 4.78 is 0. The Morgan fingerprint density at radius 1 is 0.914 bits per heavy atom. The van der Waals surface area contributed by atoms with E-state index in [1.165, 1.54) is 6.07 Å². The Morgan fingerprint density at radius 3 is 2.34 bits per heavy atom. The summed E-state index contributed by atoms with van der Waals surface area (Å²) in [6.07, 6.45) is -0.376. The number of hydroxylamine groups is 1. The van der Waals surface area contributed by atoms with Crippen molar-refractivity contribution in [3.63, 3.8) is 0 Å². The van der Waals surface area contributed by atoms with Crippen LogP contribution in [0, 0.1) is 5.92 Å². The van der Waals surface area contributed by atoms with Crippen molar-refractivity contribution in [2.24, 2.45) is 5.92 Å². The molecule has 6 N–H and O–H groups in total. The molecule has 4 rings (SSSR count). The molecule has 182 valence electrons. The van der Waals surface area contributed by atoms with E-state index in [4.69, 9.17) is 0 Å². The van der Waals surface area contributed by atoms with E-state index < -0.39 is 35.9 Å². The van der Waals surface area contributed by atoms with Gasteiger partial charge in [-0.25, -0.2) is 5.48 Å². The summed E-state index contributed by atoms with van der Waals surface area (Å²) >= 11 is 0. The third-order valence-electron chi connectivity index (χ3n) is 6.43. The molecule has 4 atom stereocenters. The van der Waals surface area contributed by atoms with E-state index >= 15 is 0 Å². The van der Waals surface area contributed by atoms with Gasteiger partial charge in [0.15, 0.2) is 0 Å². The number of hydrogen-bond donors (Lipinski definition) is 6. The first-order valence-electron chi connectivity index (χ1n) is 11.5. The zero-order valence-corrected chi connectivity index (χ0v) is 19.1. The van der Waals surface area contributed by atoms with Gasteiger partial charge in [0.2, 0.25) is 11.8 Å². The van der Waals surface area contributed by atoms with Gasteiger partial charge in [-0.1, -0.05) is 72.8 Å². The minimum Gasteiger partial charge on any atom is -0.508 e. The molecule has 8 heteroatoms. The van der Waals surface area contributed by atoms with Gasteiger partial charge < -0.3 is 20.8 Å². The lowest BCUT2D eigenvalue weighted by atomic mass is 9.89. The summed E-state index contributed by atoms with van der Waals surface area (Å²) in [5, 5.41) is 36.4. The fourth-order valence-corrected chi connectivity index (χ4v) is 4.60. The summed E-state index contributed by atoms with van der Waals surface area (Å²) in [6, 6.07) is 21.8. The maximum absolute atomic E-state index is 13.6. The smallest absolute Gasteiger partial charge is 0.248 e. The molecule has 0 saturated carbocycles. The van der Waals surface area contributed by atoms with E-state index in [1.807, 2.05) is 54.6 Å². The molecule has 0 aliphatic heterocycles. The van der Waals surface area contributed by atoms with Gasteiger partial charge >= 0.3 is 0 Å². The summed E-state index contributed by atoms with van der Waals surface area (Å²) in [6.45, 7) is 0.290. The number of carbonyl (C=O) groups is 2. The normalized spacial score (nSPS) is 18.3. The van der Waals surface area contributed by atoms with E-state index in [1.54, 1.807) is 23.7 Å². The van der Waals surface area contributed by atoms with Crippen molar-refractivity contribution in [1.82, 2.24) is 16.1 Å².